The Bertz CT molecular complexity index is 1050. The minimum Gasteiger partial charge on any atom is -0.462 e. The summed E-state index contributed by atoms with van der Waals surface area (Å²) in [5.74, 6) is -0.952. The molecule has 0 aromatic carbocycles. The van der Waals surface area contributed by atoms with Gasteiger partial charge in [0.25, 0.3) is 0 Å². The maximum absolute atomic E-state index is 12.7. The second kappa shape index (κ2) is 42.6. The summed E-state index contributed by atoms with van der Waals surface area (Å²) in [7, 11) is 0. The zero-order valence-corrected chi connectivity index (χ0v) is 35.0. The van der Waals surface area contributed by atoms with Gasteiger partial charge in [-0.25, -0.2) is 0 Å². The van der Waals surface area contributed by atoms with Crippen molar-refractivity contribution in [3.63, 3.8) is 0 Å². The second-order valence-electron chi connectivity index (χ2n) is 14.3. The lowest BCUT2D eigenvalue weighted by atomic mass is 10.1. The van der Waals surface area contributed by atoms with Crippen molar-refractivity contribution >= 4 is 17.9 Å². The van der Waals surface area contributed by atoms with E-state index < -0.39 is 6.10 Å². The number of hydrogen-bond donors (Lipinski definition) is 0. The molecule has 1 atom stereocenters. The van der Waals surface area contributed by atoms with Crippen LogP contribution >= 0.6 is 0 Å². The van der Waals surface area contributed by atoms with Gasteiger partial charge in [0.2, 0.25) is 0 Å². The van der Waals surface area contributed by atoms with Crippen LogP contribution in [-0.4, -0.2) is 37.2 Å². The predicted molar refractivity (Wildman–Crippen MR) is 228 cm³/mol. The van der Waals surface area contributed by atoms with Crippen molar-refractivity contribution in [1.29, 1.82) is 0 Å². The number of ether oxygens (including phenoxy) is 3. The smallest absolute Gasteiger partial charge is 0.306 e. The highest BCUT2D eigenvalue weighted by Crippen LogP contribution is 2.13. The Kier molecular flexibility index (Phi) is 40.1. The van der Waals surface area contributed by atoms with Crippen molar-refractivity contribution < 1.29 is 28.6 Å². The van der Waals surface area contributed by atoms with Gasteiger partial charge in [-0.05, 0) is 64.2 Å². The quantitative estimate of drug-likeness (QED) is 0.0205. The summed E-state index contributed by atoms with van der Waals surface area (Å²) in [4.78, 5) is 37.6. The Morgan fingerprint density at radius 3 is 1.35 bits per heavy atom. The number of unbranched alkanes of at least 4 members (excludes halogenated alkanes) is 18. The topological polar surface area (TPSA) is 78.9 Å². The average molecular weight is 753 g/mol. The van der Waals surface area contributed by atoms with E-state index in [1.54, 1.807) is 0 Å². The lowest BCUT2D eigenvalue weighted by Crippen LogP contribution is -2.30. The first-order chi connectivity index (χ1) is 26.5. The third kappa shape index (κ3) is 40.0. The molecule has 1 unspecified atom stereocenters. The van der Waals surface area contributed by atoms with Gasteiger partial charge in [0.15, 0.2) is 6.10 Å². The molecule has 0 aromatic heterocycles. The first-order valence-electron chi connectivity index (χ1n) is 22.0. The zero-order chi connectivity index (χ0) is 39.4. The Labute approximate surface area is 332 Å². The summed E-state index contributed by atoms with van der Waals surface area (Å²) >= 11 is 0. The maximum Gasteiger partial charge on any atom is 0.306 e. The van der Waals surface area contributed by atoms with Gasteiger partial charge in [-0.15, -0.1) is 0 Å². The molecule has 6 nitrogen and oxygen atoms in total. The standard InChI is InChI=1S/C48H80O6/c1-4-7-10-13-16-19-21-23-25-26-29-32-35-38-41-47(50)53-44-45(43-52-46(49)40-37-34-31-28-18-15-12-9-6-3)54-48(51)42-39-36-33-30-27-24-22-20-17-14-11-8-5-2/h7-8,10-11,14,16-17,19-20,22,24,27,45H,4-6,9,12-13,15,18,21,23,25-26,28-44H2,1-3H3/b10-7-,11-8-,17-14-,19-16-,22-20-,27-24-. The summed E-state index contributed by atoms with van der Waals surface area (Å²) in [5.41, 5.74) is 0. The van der Waals surface area contributed by atoms with E-state index in [9.17, 15) is 14.4 Å². The van der Waals surface area contributed by atoms with E-state index in [1.807, 2.05) is 36.5 Å². The van der Waals surface area contributed by atoms with Crippen molar-refractivity contribution in [2.24, 2.45) is 0 Å². The number of rotatable bonds is 38. The van der Waals surface area contributed by atoms with Crippen molar-refractivity contribution in [2.45, 2.75) is 200 Å². The fourth-order valence-corrected chi connectivity index (χ4v) is 5.78. The number of esters is 3. The molecular weight excluding hydrogens is 673 g/mol. The summed E-state index contributed by atoms with van der Waals surface area (Å²) in [6.07, 6.45) is 51.7. The van der Waals surface area contributed by atoms with Gasteiger partial charge in [-0.3, -0.25) is 14.4 Å². The van der Waals surface area contributed by atoms with Gasteiger partial charge in [0, 0.05) is 19.3 Å². The number of carbonyl (C=O) groups is 3. The third-order valence-corrected chi connectivity index (χ3v) is 9.05. The molecule has 0 bridgehead atoms. The van der Waals surface area contributed by atoms with Crippen LogP contribution in [0, 0.1) is 0 Å². The molecule has 0 aliphatic rings. The van der Waals surface area contributed by atoms with Crippen molar-refractivity contribution in [1.82, 2.24) is 0 Å². The molecule has 0 saturated heterocycles. The lowest BCUT2D eigenvalue weighted by molar-refractivity contribution is -0.167. The first kappa shape index (κ1) is 50.9. The molecule has 0 heterocycles. The van der Waals surface area contributed by atoms with Gasteiger partial charge >= 0.3 is 17.9 Å². The summed E-state index contributed by atoms with van der Waals surface area (Å²) < 4.78 is 16.6. The van der Waals surface area contributed by atoms with Crippen molar-refractivity contribution in [3.05, 3.63) is 72.9 Å². The fraction of sp³-hybridized carbons (Fsp3) is 0.688. The van der Waals surface area contributed by atoms with E-state index in [0.717, 1.165) is 83.5 Å². The fourth-order valence-electron chi connectivity index (χ4n) is 5.78. The van der Waals surface area contributed by atoms with E-state index in [-0.39, 0.29) is 37.5 Å². The molecule has 6 heteroatoms. The summed E-state index contributed by atoms with van der Waals surface area (Å²) in [6.45, 7) is 6.31. The van der Waals surface area contributed by atoms with Crippen molar-refractivity contribution in [2.75, 3.05) is 13.2 Å². The summed E-state index contributed by atoms with van der Waals surface area (Å²) in [5, 5.41) is 0. The predicted octanol–water partition coefficient (Wildman–Crippen LogP) is 13.9. The molecule has 308 valence electrons. The van der Waals surface area contributed by atoms with E-state index in [0.29, 0.717) is 19.3 Å². The van der Waals surface area contributed by atoms with Crippen LogP contribution in [-0.2, 0) is 28.6 Å². The highest BCUT2D eigenvalue weighted by Gasteiger charge is 2.19. The van der Waals surface area contributed by atoms with Gasteiger partial charge < -0.3 is 14.2 Å². The number of allylic oxidation sites excluding steroid dienone is 12. The molecule has 0 fully saturated rings. The Morgan fingerprint density at radius 1 is 0.407 bits per heavy atom. The molecule has 0 amide bonds. The highest BCUT2D eigenvalue weighted by molar-refractivity contribution is 5.71. The van der Waals surface area contributed by atoms with Gasteiger partial charge in [0.1, 0.15) is 13.2 Å². The molecule has 0 rings (SSSR count). The SMILES string of the molecule is CC\C=C/C=C\C=C/C=C\CCCCCC(=O)OC(COC(=O)CCCCCCCCC/C=C\C/C=C\CC)COC(=O)CCCCCCCCCCC. The van der Waals surface area contributed by atoms with Gasteiger partial charge in [0.05, 0.1) is 0 Å². The van der Waals surface area contributed by atoms with Crippen LogP contribution in [0.25, 0.3) is 0 Å². The number of hydrogen-bond acceptors (Lipinski definition) is 6. The highest BCUT2D eigenvalue weighted by atomic mass is 16.6. The van der Waals surface area contributed by atoms with Crippen LogP contribution in [0.1, 0.15) is 194 Å². The Morgan fingerprint density at radius 2 is 0.815 bits per heavy atom. The van der Waals surface area contributed by atoms with Gasteiger partial charge in [-0.1, -0.05) is 184 Å². The molecule has 0 spiro atoms. The minimum absolute atomic E-state index is 0.0939. The van der Waals surface area contributed by atoms with Crippen LogP contribution in [0.15, 0.2) is 72.9 Å². The number of carbonyl (C=O) groups excluding carboxylic acids is 3. The van der Waals surface area contributed by atoms with E-state index in [2.05, 4.69) is 57.2 Å². The summed E-state index contributed by atoms with van der Waals surface area (Å²) in [6, 6.07) is 0. The molecule has 0 radical (unpaired) electrons. The van der Waals surface area contributed by atoms with Gasteiger partial charge in [-0.2, -0.15) is 0 Å². The average Bonchev–Trinajstić information content (AvgIpc) is 3.17. The first-order valence-corrected chi connectivity index (χ1v) is 22.0. The zero-order valence-electron chi connectivity index (χ0n) is 35.0. The van der Waals surface area contributed by atoms with Crippen molar-refractivity contribution in [3.8, 4) is 0 Å². The van der Waals surface area contributed by atoms with Crippen LogP contribution in [0.5, 0.6) is 0 Å². The molecule has 0 aliphatic carbocycles. The molecular formula is C48H80O6. The molecule has 0 aromatic rings. The third-order valence-electron chi connectivity index (χ3n) is 9.05. The Balaban J connectivity index is 4.45. The van der Waals surface area contributed by atoms with Crippen LogP contribution in [0.2, 0.25) is 0 Å². The minimum atomic E-state index is -0.794. The molecule has 0 saturated carbocycles. The lowest BCUT2D eigenvalue weighted by Gasteiger charge is -2.18. The van der Waals surface area contributed by atoms with Crippen LogP contribution in [0.4, 0.5) is 0 Å². The molecule has 0 N–H and O–H groups in total. The van der Waals surface area contributed by atoms with E-state index in [1.165, 1.54) is 64.2 Å². The monoisotopic (exact) mass is 753 g/mol. The Hall–Kier alpha value is -3.15. The van der Waals surface area contributed by atoms with E-state index >= 15 is 0 Å². The maximum atomic E-state index is 12.7. The van der Waals surface area contributed by atoms with E-state index in [4.69, 9.17) is 14.2 Å². The second-order valence-corrected chi connectivity index (χ2v) is 14.3. The van der Waals surface area contributed by atoms with Crippen LogP contribution < -0.4 is 0 Å². The van der Waals surface area contributed by atoms with Crippen LogP contribution in [0.3, 0.4) is 0 Å². The molecule has 0 aliphatic heterocycles. The largest absolute Gasteiger partial charge is 0.462 e. The molecule has 54 heavy (non-hydrogen) atoms. The normalized spacial score (nSPS) is 12.7.